The fourth-order valence-corrected chi connectivity index (χ4v) is 3.38. The summed E-state index contributed by atoms with van der Waals surface area (Å²) in [4.78, 5) is 0. The summed E-state index contributed by atoms with van der Waals surface area (Å²) in [6.45, 7) is 2.21. The predicted octanol–water partition coefficient (Wildman–Crippen LogP) is 2.30. The van der Waals surface area contributed by atoms with Crippen LogP contribution < -0.4 is 4.46 Å². The van der Waals surface area contributed by atoms with Gasteiger partial charge >= 0.3 is 98.9 Å². The van der Waals surface area contributed by atoms with Gasteiger partial charge in [0.1, 0.15) is 0 Å². The molecule has 0 fully saturated rings. The van der Waals surface area contributed by atoms with E-state index in [9.17, 15) is 5.11 Å². The fourth-order valence-electron chi connectivity index (χ4n) is 1.46. The van der Waals surface area contributed by atoms with Crippen molar-refractivity contribution in [3.05, 3.63) is 30.3 Å². The minimum atomic E-state index is -0.100. The van der Waals surface area contributed by atoms with Crippen LogP contribution in [0.5, 0.6) is 0 Å². The second-order valence-corrected chi connectivity index (χ2v) is 6.36. The maximum atomic E-state index is 9.83. The molecule has 0 aliphatic rings. The first-order chi connectivity index (χ1) is 7.33. The van der Waals surface area contributed by atoms with E-state index in [1.807, 2.05) is 18.2 Å². The number of rotatable bonds is 7. The van der Waals surface area contributed by atoms with Crippen molar-refractivity contribution in [3.8, 4) is 0 Å². The monoisotopic (exact) mass is 272 g/mol. The van der Waals surface area contributed by atoms with E-state index in [0.717, 1.165) is 6.42 Å². The second kappa shape index (κ2) is 7.92. The van der Waals surface area contributed by atoms with Gasteiger partial charge in [-0.05, 0) is 0 Å². The first-order valence-electron chi connectivity index (χ1n) is 5.72. The SMILES string of the molecule is CCCCCCC(O)[Se]c1ccccc1. The molecule has 1 aromatic carbocycles. The Morgan fingerprint density at radius 1 is 1.13 bits per heavy atom. The summed E-state index contributed by atoms with van der Waals surface area (Å²) in [6.07, 6.45) is 5.96. The summed E-state index contributed by atoms with van der Waals surface area (Å²) in [5, 5.41) is 9.73. The fraction of sp³-hybridized carbons (Fsp3) is 0.538. The van der Waals surface area contributed by atoms with E-state index >= 15 is 0 Å². The molecule has 1 rings (SSSR count). The van der Waals surface area contributed by atoms with Gasteiger partial charge in [-0.2, -0.15) is 0 Å². The average molecular weight is 271 g/mol. The number of hydrogen-bond acceptors (Lipinski definition) is 1. The molecule has 0 bridgehead atoms. The molecule has 1 N–H and O–H groups in total. The van der Waals surface area contributed by atoms with E-state index < -0.39 is 0 Å². The molecule has 0 spiro atoms. The molecular weight excluding hydrogens is 251 g/mol. The van der Waals surface area contributed by atoms with Crippen molar-refractivity contribution >= 4 is 19.4 Å². The molecule has 0 saturated heterocycles. The van der Waals surface area contributed by atoms with Gasteiger partial charge in [0.05, 0.1) is 0 Å². The van der Waals surface area contributed by atoms with Gasteiger partial charge in [0.2, 0.25) is 0 Å². The predicted molar refractivity (Wildman–Crippen MR) is 66.6 cm³/mol. The molecule has 2 heteroatoms. The van der Waals surface area contributed by atoms with Crippen molar-refractivity contribution in [3.63, 3.8) is 0 Å². The average Bonchev–Trinajstić information content (AvgIpc) is 2.26. The van der Waals surface area contributed by atoms with Gasteiger partial charge in [-0.25, -0.2) is 0 Å². The first kappa shape index (κ1) is 12.8. The second-order valence-electron chi connectivity index (χ2n) is 3.73. The third kappa shape index (κ3) is 5.99. The van der Waals surface area contributed by atoms with Crippen molar-refractivity contribution in [2.24, 2.45) is 0 Å². The van der Waals surface area contributed by atoms with Gasteiger partial charge in [-0.3, -0.25) is 0 Å². The number of aliphatic hydroxyl groups is 1. The van der Waals surface area contributed by atoms with E-state index in [1.165, 1.54) is 30.1 Å². The topological polar surface area (TPSA) is 20.2 Å². The van der Waals surface area contributed by atoms with E-state index in [-0.39, 0.29) is 20.0 Å². The summed E-state index contributed by atoms with van der Waals surface area (Å²) in [5.74, 6) is 0. The molecule has 0 amide bonds. The molecular formula is C13H20OSe. The molecule has 0 radical (unpaired) electrons. The van der Waals surface area contributed by atoms with Gasteiger partial charge in [-0.1, -0.05) is 0 Å². The van der Waals surface area contributed by atoms with Crippen molar-refractivity contribution in [1.29, 1.82) is 0 Å². The zero-order chi connectivity index (χ0) is 10.9. The molecule has 1 nitrogen and oxygen atoms in total. The molecule has 0 aliphatic heterocycles. The van der Waals surface area contributed by atoms with Crippen LogP contribution in [0.1, 0.15) is 39.0 Å². The molecule has 1 atom stereocenters. The van der Waals surface area contributed by atoms with Crippen molar-refractivity contribution in [2.45, 2.75) is 44.0 Å². The Morgan fingerprint density at radius 3 is 2.53 bits per heavy atom. The third-order valence-corrected chi connectivity index (χ3v) is 4.53. The molecule has 84 valence electrons. The normalized spacial score (nSPS) is 12.7. The number of benzene rings is 1. The molecule has 0 aromatic heterocycles. The summed E-state index contributed by atoms with van der Waals surface area (Å²) >= 11 is 0.230. The maximum absolute atomic E-state index is 9.83. The van der Waals surface area contributed by atoms with Crippen LogP contribution in [-0.4, -0.2) is 25.1 Å². The molecule has 1 aromatic rings. The van der Waals surface area contributed by atoms with Crippen LogP contribution in [0.4, 0.5) is 0 Å². The van der Waals surface area contributed by atoms with Gasteiger partial charge in [0.25, 0.3) is 0 Å². The van der Waals surface area contributed by atoms with Crippen LogP contribution in [0.25, 0.3) is 0 Å². The van der Waals surface area contributed by atoms with E-state index in [4.69, 9.17) is 0 Å². The number of unbranched alkanes of at least 4 members (excludes halogenated alkanes) is 3. The van der Waals surface area contributed by atoms with E-state index in [1.54, 1.807) is 0 Å². The standard InChI is InChI=1S/C13H20OSe/c1-2-3-4-8-11-13(14)15-12-9-6-5-7-10-12/h5-7,9-10,13-14H,2-4,8,11H2,1H3. The van der Waals surface area contributed by atoms with Crippen LogP contribution >= 0.6 is 0 Å². The number of aliphatic hydroxyl groups excluding tert-OH is 1. The Hall–Kier alpha value is -0.301. The third-order valence-electron chi connectivity index (χ3n) is 2.32. The van der Waals surface area contributed by atoms with E-state index in [2.05, 4.69) is 19.1 Å². The van der Waals surface area contributed by atoms with Crippen LogP contribution in [0, 0.1) is 0 Å². The Bertz CT molecular complexity index is 248. The summed E-state index contributed by atoms with van der Waals surface area (Å²) in [7, 11) is 0. The summed E-state index contributed by atoms with van der Waals surface area (Å²) < 4.78 is 1.30. The van der Waals surface area contributed by atoms with Crippen molar-refractivity contribution in [1.82, 2.24) is 0 Å². The Kier molecular flexibility index (Phi) is 6.74. The van der Waals surface area contributed by atoms with Crippen LogP contribution in [0.3, 0.4) is 0 Å². The summed E-state index contributed by atoms with van der Waals surface area (Å²) in [5.41, 5.74) is 0. The zero-order valence-electron chi connectivity index (χ0n) is 9.36. The first-order valence-corrected chi connectivity index (χ1v) is 7.57. The number of hydrogen-bond donors (Lipinski definition) is 1. The molecule has 0 saturated carbocycles. The van der Waals surface area contributed by atoms with Gasteiger partial charge < -0.3 is 0 Å². The molecule has 0 heterocycles. The summed E-state index contributed by atoms with van der Waals surface area (Å²) in [6, 6.07) is 10.3. The molecule has 0 aliphatic carbocycles. The Labute approximate surface area is 99.1 Å². The quantitative estimate of drug-likeness (QED) is 0.596. The van der Waals surface area contributed by atoms with Crippen LogP contribution in [0.15, 0.2) is 30.3 Å². The zero-order valence-corrected chi connectivity index (χ0v) is 11.1. The van der Waals surface area contributed by atoms with Gasteiger partial charge in [0.15, 0.2) is 0 Å². The van der Waals surface area contributed by atoms with Crippen LogP contribution in [-0.2, 0) is 0 Å². The van der Waals surface area contributed by atoms with Crippen molar-refractivity contribution < 1.29 is 5.11 Å². The minimum absolute atomic E-state index is 0.100. The molecule has 1 unspecified atom stereocenters. The van der Waals surface area contributed by atoms with Crippen LogP contribution in [0.2, 0.25) is 0 Å². The molecule has 15 heavy (non-hydrogen) atoms. The Morgan fingerprint density at radius 2 is 1.87 bits per heavy atom. The van der Waals surface area contributed by atoms with Crippen molar-refractivity contribution in [2.75, 3.05) is 0 Å². The van der Waals surface area contributed by atoms with Gasteiger partial charge in [0, 0.05) is 0 Å². The Balaban J connectivity index is 2.16. The van der Waals surface area contributed by atoms with Gasteiger partial charge in [-0.15, -0.1) is 0 Å². The van der Waals surface area contributed by atoms with E-state index in [0.29, 0.717) is 0 Å².